The first kappa shape index (κ1) is 11.8. The summed E-state index contributed by atoms with van der Waals surface area (Å²) in [4.78, 5) is 12.0. The average Bonchev–Trinajstić information content (AvgIpc) is 2.32. The lowest BCUT2D eigenvalue weighted by molar-refractivity contribution is 0.0486. The minimum absolute atomic E-state index is 0.157. The van der Waals surface area contributed by atoms with Gasteiger partial charge in [0.15, 0.2) is 0 Å². The first-order valence-corrected chi connectivity index (χ1v) is 5.40. The van der Waals surface area contributed by atoms with Crippen LogP contribution < -0.4 is 21.3 Å². The molecule has 1 aromatic heterocycles. The van der Waals surface area contributed by atoms with Crippen LogP contribution in [0.4, 0.5) is 11.9 Å². The Hall–Kier alpha value is -1.67. The molecule has 1 aliphatic rings. The Labute approximate surface area is 98.6 Å². The Bertz CT molecular complexity index is 359. The summed E-state index contributed by atoms with van der Waals surface area (Å²) >= 11 is 0. The molecular formula is C9H16N6O2. The van der Waals surface area contributed by atoms with Gasteiger partial charge in [0.2, 0.25) is 11.9 Å². The van der Waals surface area contributed by atoms with Crippen molar-refractivity contribution in [2.45, 2.75) is 18.9 Å². The standard InChI is InChI=1S/C9H16N6O2/c1-17-9-13-7(12-8(14-9)15-10)11-4-5-2-6(16)3-5/h5-6,16H,2-4,10H2,1H3,(H2,11,12,13,14,15). The molecule has 0 bridgehead atoms. The normalized spacial score (nSPS) is 22.8. The van der Waals surface area contributed by atoms with Crippen LogP contribution in [-0.2, 0) is 0 Å². The van der Waals surface area contributed by atoms with Crippen molar-refractivity contribution in [1.82, 2.24) is 15.0 Å². The first-order valence-electron chi connectivity index (χ1n) is 5.40. The van der Waals surface area contributed by atoms with Gasteiger partial charge in [-0.15, -0.1) is 0 Å². The van der Waals surface area contributed by atoms with Crippen LogP contribution in [0.3, 0.4) is 0 Å². The molecule has 1 heterocycles. The summed E-state index contributed by atoms with van der Waals surface area (Å²) in [6, 6.07) is 0.198. The highest BCUT2D eigenvalue weighted by Crippen LogP contribution is 2.27. The number of hydrazine groups is 1. The lowest BCUT2D eigenvalue weighted by atomic mass is 9.82. The summed E-state index contributed by atoms with van der Waals surface area (Å²) in [5.41, 5.74) is 2.34. The smallest absolute Gasteiger partial charge is 0.322 e. The second kappa shape index (κ2) is 5.11. The number of aromatic nitrogens is 3. The number of aliphatic hydroxyl groups is 1. The predicted molar refractivity (Wildman–Crippen MR) is 61.4 cm³/mol. The number of nitrogen functional groups attached to an aromatic ring is 1. The van der Waals surface area contributed by atoms with Gasteiger partial charge in [0.25, 0.3) is 0 Å². The summed E-state index contributed by atoms with van der Waals surface area (Å²) in [6.07, 6.45) is 1.48. The molecule has 5 N–H and O–H groups in total. The summed E-state index contributed by atoms with van der Waals surface area (Å²) < 4.78 is 4.92. The SMILES string of the molecule is COc1nc(NN)nc(NCC2CC(O)C2)n1. The number of ether oxygens (including phenoxy) is 1. The molecule has 0 aliphatic heterocycles. The van der Waals surface area contributed by atoms with Gasteiger partial charge in [-0.3, -0.25) is 5.43 Å². The third-order valence-electron chi connectivity index (χ3n) is 2.69. The van der Waals surface area contributed by atoms with E-state index in [1.54, 1.807) is 0 Å². The molecule has 0 aromatic carbocycles. The van der Waals surface area contributed by atoms with E-state index in [0.29, 0.717) is 18.4 Å². The van der Waals surface area contributed by atoms with Crippen LogP contribution in [0, 0.1) is 5.92 Å². The highest BCUT2D eigenvalue weighted by atomic mass is 16.5. The summed E-state index contributed by atoms with van der Waals surface area (Å²) in [5.74, 6) is 6.35. The van der Waals surface area contributed by atoms with Crippen molar-refractivity contribution in [2.24, 2.45) is 11.8 Å². The first-order chi connectivity index (χ1) is 8.21. The maximum Gasteiger partial charge on any atom is 0.322 e. The quantitative estimate of drug-likeness (QED) is 0.396. The second-order valence-corrected chi connectivity index (χ2v) is 3.99. The Balaban J connectivity index is 1.94. The van der Waals surface area contributed by atoms with Gasteiger partial charge in [-0.25, -0.2) is 5.84 Å². The molecular weight excluding hydrogens is 224 g/mol. The summed E-state index contributed by atoms with van der Waals surface area (Å²) in [6.45, 7) is 0.717. The third-order valence-corrected chi connectivity index (χ3v) is 2.69. The van der Waals surface area contributed by atoms with E-state index in [9.17, 15) is 0 Å². The van der Waals surface area contributed by atoms with Crippen LogP contribution in [0.15, 0.2) is 0 Å². The highest BCUT2D eigenvalue weighted by molar-refractivity contribution is 5.34. The van der Waals surface area contributed by atoms with Crippen LogP contribution in [0.5, 0.6) is 6.01 Å². The number of nitrogens with one attached hydrogen (secondary N) is 2. The number of methoxy groups -OCH3 is 1. The molecule has 0 saturated heterocycles. The molecule has 1 aliphatic carbocycles. The van der Waals surface area contributed by atoms with Crippen molar-refractivity contribution in [3.05, 3.63) is 0 Å². The van der Waals surface area contributed by atoms with E-state index < -0.39 is 0 Å². The van der Waals surface area contributed by atoms with E-state index in [2.05, 4.69) is 25.7 Å². The summed E-state index contributed by atoms with van der Waals surface area (Å²) in [5, 5.41) is 12.2. The zero-order valence-corrected chi connectivity index (χ0v) is 9.55. The van der Waals surface area contributed by atoms with E-state index in [4.69, 9.17) is 15.7 Å². The molecule has 0 spiro atoms. The molecule has 2 rings (SSSR count). The van der Waals surface area contributed by atoms with E-state index >= 15 is 0 Å². The summed E-state index contributed by atoms with van der Waals surface area (Å²) in [7, 11) is 1.47. The van der Waals surface area contributed by atoms with Gasteiger partial charge < -0.3 is 15.2 Å². The van der Waals surface area contributed by atoms with Crippen LogP contribution >= 0.6 is 0 Å². The van der Waals surface area contributed by atoms with E-state index in [0.717, 1.165) is 12.8 Å². The van der Waals surface area contributed by atoms with E-state index in [1.807, 2.05) is 0 Å². The second-order valence-electron chi connectivity index (χ2n) is 3.99. The van der Waals surface area contributed by atoms with Crippen molar-refractivity contribution < 1.29 is 9.84 Å². The average molecular weight is 240 g/mol. The Kier molecular flexibility index (Phi) is 3.55. The monoisotopic (exact) mass is 240 g/mol. The van der Waals surface area contributed by atoms with Gasteiger partial charge >= 0.3 is 6.01 Å². The molecule has 0 atom stereocenters. The number of hydrogen-bond donors (Lipinski definition) is 4. The van der Waals surface area contributed by atoms with Crippen molar-refractivity contribution in [2.75, 3.05) is 24.4 Å². The highest BCUT2D eigenvalue weighted by Gasteiger charge is 2.26. The van der Waals surface area contributed by atoms with Crippen molar-refractivity contribution in [3.8, 4) is 6.01 Å². The predicted octanol–water partition coefficient (Wildman–Crippen LogP) is -0.651. The van der Waals surface area contributed by atoms with Gasteiger partial charge in [-0.05, 0) is 18.8 Å². The minimum Gasteiger partial charge on any atom is -0.467 e. The Morgan fingerprint density at radius 3 is 2.65 bits per heavy atom. The van der Waals surface area contributed by atoms with Crippen molar-refractivity contribution >= 4 is 11.9 Å². The fraction of sp³-hybridized carbons (Fsp3) is 0.667. The molecule has 17 heavy (non-hydrogen) atoms. The molecule has 94 valence electrons. The number of aliphatic hydroxyl groups excluding tert-OH is 1. The van der Waals surface area contributed by atoms with Crippen molar-refractivity contribution in [1.29, 1.82) is 0 Å². The Morgan fingerprint density at radius 1 is 1.35 bits per heavy atom. The molecule has 8 nitrogen and oxygen atoms in total. The van der Waals surface area contributed by atoms with E-state index in [1.165, 1.54) is 7.11 Å². The number of nitrogens with two attached hydrogens (primary N) is 1. The Morgan fingerprint density at radius 2 is 2.06 bits per heavy atom. The number of rotatable bonds is 5. The molecule has 0 amide bonds. The van der Waals surface area contributed by atoms with Gasteiger partial charge in [-0.1, -0.05) is 0 Å². The zero-order valence-electron chi connectivity index (χ0n) is 9.55. The van der Waals surface area contributed by atoms with Gasteiger partial charge in [0, 0.05) is 6.54 Å². The van der Waals surface area contributed by atoms with Gasteiger partial charge in [-0.2, -0.15) is 15.0 Å². The van der Waals surface area contributed by atoms with E-state index in [-0.39, 0.29) is 18.1 Å². The maximum absolute atomic E-state index is 9.16. The molecule has 1 fully saturated rings. The number of hydrogen-bond acceptors (Lipinski definition) is 8. The van der Waals surface area contributed by atoms with Gasteiger partial charge in [0.1, 0.15) is 0 Å². The number of nitrogens with zero attached hydrogens (tertiary/aromatic N) is 3. The molecule has 1 saturated carbocycles. The fourth-order valence-electron chi connectivity index (χ4n) is 1.69. The minimum atomic E-state index is -0.157. The molecule has 8 heteroatoms. The lowest BCUT2D eigenvalue weighted by Gasteiger charge is -2.31. The van der Waals surface area contributed by atoms with Crippen LogP contribution in [0.1, 0.15) is 12.8 Å². The number of anilines is 2. The van der Waals surface area contributed by atoms with Crippen LogP contribution in [-0.4, -0.2) is 39.8 Å². The topological polar surface area (TPSA) is 118 Å². The molecule has 0 unspecified atom stereocenters. The maximum atomic E-state index is 9.16. The van der Waals surface area contributed by atoms with Crippen LogP contribution in [0.2, 0.25) is 0 Å². The van der Waals surface area contributed by atoms with Gasteiger partial charge in [0.05, 0.1) is 13.2 Å². The molecule has 1 aromatic rings. The fourth-order valence-corrected chi connectivity index (χ4v) is 1.69. The van der Waals surface area contributed by atoms with Crippen molar-refractivity contribution in [3.63, 3.8) is 0 Å². The zero-order chi connectivity index (χ0) is 12.3. The lowest BCUT2D eigenvalue weighted by Crippen LogP contribution is -2.33. The van der Waals surface area contributed by atoms with Crippen LogP contribution in [0.25, 0.3) is 0 Å². The molecule has 0 radical (unpaired) electrons. The third kappa shape index (κ3) is 2.92. The largest absolute Gasteiger partial charge is 0.467 e.